The molecule has 0 amide bonds. The summed E-state index contributed by atoms with van der Waals surface area (Å²) in [6, 6.07) is 10.7. The Kier molecular flexibility index (Phi) is 4.87. The smallest absolute Gasteiger partial charge is 0.416 e. The molecule has 1 aromatic heterocycles. The Morgan fingerprint density at radius 2 is 1.93 bits per heavy atom. The van der Waals surface area contributed by atoms with E-state index >= 15 is 0 Å². The van der Waals surface area contributed by atoms with E-state index in [1.807, 2.05) is 12.1 Å². The second kappa shape index (κ2) is 7.36. The molecule has 0 saturated carbocycles. The highest BCUT2D eigenvalue weighted by Crippen LogP contribution is 2.38. The highest BCUT2D eigenvalue weighted by atomic mass is 32.2. The van der Waals surface area contributed by atoms with Crippen molar-refractivity contribution in [1.29, 1.82) is 0 Å². The number of pyridine rings is 1. The number of halogens is 3. The van der Waals surface area contributed by atoms with Gasteiger partial charge >= 0.3 is 11.9 Å². The summed E-state index contributed by atoms with van der Waals surface area (Å²) in [4.78, 5) is 19.2. The third kappa shape index (κ3) is 4.02. The Hall–Kier alpha value is -3.14. The van der Waals surface area contributed by atoms with E-state index in [0.717, 1.165) is 40.6 Å². The minimum atomic E-state index is -4.68. The molecule has 3 aromatic rings. The Balaban J connectivity index is 1.65. The first-order valence-corrected chi connectivity index (χ1v) is 9.42. The molecule has 29 heavy (non-hydrogen) atoms. The number of hydrogen-bond acceptors (Lipinski definition) is 6. The number of thioether (sulfide) groups is 1. The zero-order valence-electron chi connectivity index (χ0n) is 14.6. The molecule has 0 N–H and O–H groups in total. The third-order valence-electron chi connectivity index (χ3n) is 4.18. The van der Waals surface area contributed by atoms with Crippen molar-refractivity contribution in [1.82, 2.24) is 4.98 Å². The highest BCUT2D eigenvalue weighted by Gasteiger charge is 2.33. The summed E-state index contributed by atoms with van der Waals surface area (Å²) in [5, 5.41) is 12.8. The van der Waals surface area contributed by atoms with Crippen LogP contribution in [-0.2, 0) is 6.18 Å². The predicted molar refractivity (Wildman–Crippen MR) is 104 cm³/mol. The molecule has 10 heteroatoms. The topological polar surface area (TPSA) is 77.6 Å². The minimum absolute atomic E-state index is 0.252. The summed E-state index contributed by atoms with van der Waals surface area (Å²) in [7, 11) is 0. The van der Waals surface area contributed by atoms with Crippen LogP contribution in [0.3, 0.4) is 0 Å². The number of alkyl halides is 3. The third-order valence-corrected chi connectivity index (χ3v) is 5.17. The first-order valence-electron chi connectivity index (χ1n) is 8.43. The standard InChI is InChI=1S/C19H12F3N3O3S/c20-19(21,22)12-2-6-17(16(10-12)25(26)27)28-13-3-5-14-11(9-13)1-4-15(24-14)18-23-7-8-29-18/h1-6,9-10H,7-8H2. The van der Waals surface area contributed by atoms with Crippen molar-refractivity contribution in [2.45, 2.75) is 6.18 Å². The normalized spacial score (nSPS) is 14.1. The monoisotopic (exact) mass is 419 g/mol. The Morgan fingerprint density at radius 3 is 2.62 bits per heavy atom. The second-order valence-corrected chi connectivity index (χ2v) is 7.21. The fourth-order valence-electron chi connectivity index (χ4n) is 2.83. The predicted octanol–water partition coefficient (Wildman–Crippen LogP) is 5.45. The molecule has 1 aliphatic heterocycles. The van der Waals surface area contributed by atoms with Crippen molar-refractivity contribution in [2.24, 2.45) is 4.99 Å². The Labute approximate surface area is 166 Å². The van der Waals surface area contributed by atoms with Crippen molar-refractivity contribution >= 4 is 33.4 Å². The molecule has 2 aromatic carbocycles. The zero-order chi connectivity index (χ0) is 20.6. The van der Waals surface area contributed by atoms with Gasteiger partial charge in [0, 0.05) is 23.8 Å². The van der Waals surface area contributed by atoms with Crippen LogP contribution in [0.4, 0.5) is 18.9 Å². The van der Waals surface area contributed by atoms with Crippen LogP contribution in [0.25, 0.3) is 10.9 Å². The number of rotatable bonds is 4. The van der Waals surface area contributed by atoms with Crippen molar-refractivity contribution in [3.8, 4) is 11.5 Å². The number of nitro benzene ring substituents is 1. The maximum atomic E-state index is 12.8. The van der Waals surface area contributed by atoms with E-state index in [4.69, 9.17) is 4.74 Å². The molecule has 1 aliphatic rings. The van der Waals surface area contributed by atoms with Crippen LogP contribution in [0.2, 0.25) is 0 Å². The van der Waals surface area contributed by atoms with Gasteiger partial charge in [-0.3, -0.25) is 15.1 Å². The minimum Gasteiger partial charge on any atom is -0.450 e. The molecule has 6 nitrogen and oxygen atoms in total. The van der Waals surface area contributed by atoms with E-state index in [2.05, 4.69) is 9.98 Å². The van der Waals surface area contributed by atoms with Crippen molar-refractivity contribution in [2.75, 3.05) is 12.3 Å². The fraction of sp³-hybridized carbons (Fsp3) is 0.158. The van der Waals surface area contributed by atoms with Crippen molar-refractivity contribution in [3.63, 3.8) is 0 Å². The molecule has 0 saturated heterocycles. The number of hydrogen-bond donors (Lipinski definition) is 0. The van der Waals surface area contributed by atoms with E-state index in [-0.39, 0.29) is 11.5 Å². The van der Waals surface area contributed by atoms with Gasteiger partial charge in [0.2, 0.25) is 5.75 Å². The van der Waals surface area contributed by atoms with Crippen molar-refractivity contribution < 1.29 is 22.8 Å². The quantitative estimate of drug-likeness (QED) is 0.415. The number of aromatic nitrogens is 1. The number of nitro groups is 1. The van der Waals surface area contributed by atoms with Gasteiger partial charge in [-0.25, -0.2) is 4.98 Å². The van der Waals surface area contributed by atoms with E-state index in [1.165, 1.54) is 0 Å². The van der Waals surface area contributed by atoms with Gasteiger partial charge in [0.25, 0.3) is 0 Å². The first-order chi connectivity index (χ1) is 13.8. The van der Waals surface area contributed by atoms with Gasteiger partial charge in [0.1, 0.15) is 10.8 Å². The second-order valence-electron chi connectivity index (χ2n) is 6.13. The van der Waals surface area contributed by atoms with Gasteiger partial charge in [-0.15, -0.1) is 11.8 Å². The fourth-order valence-corrected chi connectivity index (χ4v) is 3.65. The number of benzene rings is 2. The number of nitrogens with zero attached hydrogens (tertiary/aromatic N) is 3. The Bertz CT molecular complexity index is 1150. The van der Waals surface area contributed by atoms with Crippen molar-refractivity contribution in [3.05, 3.63) is 69.9 Å². The lowest BCUT2D eigenvalue weighted by molar-refractivity contribution is -0.385. The van der Waals surface area contributed by atoms with Crippen LogP contribution in [0.5, 0.6) is 11.5 Å². The van der Waals surface area contributed by atoms with Crippen LogP contribution in [-0.4, -0.2) is 27.2 Å². The van der Waals surface area contributed by atoms with E-state index < -0.39 is 22.4 Å². The molecule has 0 bridgehead atoms. The molecule has 0 fully saturated rings. The molecule has 148 valence electrons. The lowest BCUT2D eigenvalue weighted by Gasteiger charge is -2.10. The van der Waals surface area contributed by atoms with Crippen LogP contribution in [0, 0.1) is 10.1 Å². The summed E-state index contributed by atoms with van der Waals surface area (Å²) in [5.74, 6) is 0.902. The summed E-state index contributed by atoms with van der Waals surface area (Å²) >= 11 is 1.63. The molecule has 0 aliphatic carbocycles. The molecular formula is C19H12F3N3O3S. The van der Waals surface area contributed by atoms with E-state index in [9.17, 15) is 23.3 Å². The van der Waals surface area contributed by atoms with Gasteiger partial charge in [0.05, 0.1) is 21.7 Å². The maximum absolute atomic E-state index is 12.8. The highest BCUT2D eigenvalue weighted by molar-refractivity contribution is 8.14. The summed E-state index contributed by atoms with van der Waals surface area (Å²) < 4.78 is 44.0. The van der Waals surface area contributed by atoms with Crippen LogP contribution in [0.1, 0.15) is 11.3 Å². The molecule has 4 rings (SSSR count). The molecule has 2 heterocycles. The van der Waals surface area contributed by atoms with Crippen LogP contribution < -0.4 is 4.74 Å². The first kappa shape index (κ1) is 19.2. The molecule has 0 atom stereocenters. The largest absolute Gasteiger partial charge is 0.450 e. The lowest BCUT2D eigenvalue weighted by Crippen LogP contribution is -2.06. The Morgan fingerprint density at radius 1 is 1.10 bits per heavy atom. The van der Waals surface area contributed by atoms with Gasteiger partial charge in [0.15, 0.2) is 0 Å². The van der Waals surface area contributed by atoms with Gasteiger partial charge < -0.3 is 4.74 Å². The van der Waals surface area contributed by atoms with Gasteiger partial charge in [-0.05, 0) is 36.4 Å². The summed E-state index contributed by atoms with van der Waals surface area (Å²) in [5.41, 5.74) is -0.414. The van der Waals surface area contributed by atoms with Gasteiger partial charge in [-0.1, -0.05) is 6.07 Å². The molecule has 0 radical (unpaired) electrons. The van der Waals surface area contributed by atoms with E-state index in [1.54, 1.807) is 30.0 Å². The molecular weight excluding hydrogens is 407 g/mol. The molecule has 0 unspecified atom stereocenters. The summed E-state index contributed by atoms with van der Waals surface area (Å²) in [6.07, 6.45) is -4.68. The average Bonchev–Trinajstić information content (AvgIpc) is 3.21. The summed E-state index contributed by atoms with van der Waals surface area (Å²) in [6.45, 7) is 0.762. The van der Waals surface area contributed by atoms with Gasteiger partial charge in [-0.2, -0.15) is 13.2 Å². The van der Waals surface area contributed by atoms with E-state index in [0.29, 0.717) is 11.6 Å². The number of aliphatic imine (C=N–C) groups is 1. The van der Waals surface area contributed by atoms with Crippen LogP contribution in [0.15, 0.2) is 53.5 Å². The SMILES string of the molecule is O=[N+]([O-])c1cc(C(F)(F)F)ccc1Oc1ccc2nc(C3=NCCS3)ccc2c1. The average molecular weight is 419 g/mol. The van der Waals surface area contributed by atoms with Crippen LogP contribution >= 0.6 is 11.8 Å². The lowest BCUT2D eigenvalue weighted by atomic mass is 10.1. The maximum Gasteiger partial charge on any atom is 0.416 e. The number of ether oxygens (including phenoxy) is 1. The molecule has 0 spiro atoms. The zero-order valence-corrected chi connectivity index (χ0v) is 15.5. The number of fused-ring (bicyclic) bond motifs is 1.